The van der Waals surface area contributed by atoms with Crippen molar-refractivity contribution in [2.24, 2.45) is 28.6 Å². The van der Waals surface area contributed by atoms with Gasteiger partial charge in [0.15, 0.2) is 5.78 Å². The molecule has 0 aromatic rings. The van der Waals surface area contributed by atoms with Crippen LogP contribution in [0.3, 0.4) is 0 Å². The smallest absolute Gasteiger partial charge is 0.156 e. The third-order valence-electron chi connectivity index (χ3n) is 5.93. The van der Waals surface area contributed by atoms with Crippen LogP contribution in [0.1, 0.15) is 65.2 Å². The van der Waals surface area contributed by atoms with Crippen molar-refractivity contribution in [1.29, 1.82) is 5.26 Å². The van der Waals surface area contributed by atoms with E-state index in [4.69, 9.17) is 0 Å². The molecule has 2 heteroatoms. The summed E-state index contributed by atoms with van der Waals surface area (Å²) >= 11 is 0. The first kappa shape index (κ1) is 13.2. The Morgan fingerprint density at radius 1 is 1.32 bits per heavy atom. The molecule has 104 valence electrons. The highest BCUT2D eigenvalue weighted by Crippen LogP contribution is 2.65. The van der Waals surface area contributed by atoms with Gasteiger partial charge >= 0.3 is 0 Å². The van der Waals surface area contributed by atoms with Crippen LogP contribution in [0.15, 0.2) is 0 Å². The summed E-state index contributed by atoms with van der Waals surface area (Å²) in [6.45, 7) is 4.45. The fourth-order valence-electron chi connectivity index (χ4n) is 5.92. The molecule has 4 aliphatic carbocycles. The Morgan fingerprint density at radius 3 is 2.42 bits per heavy atom. The third-order valence-corrected chi connectivity index (χ3v) is 5.93. The van der Waals surface area contributed by atoms with Crippen molar-refractivity contribution in [3.05, 3.63) is 0 Å². The summed E-state index contributed by atoms with van der Waals surface area (Å²) in [6, 6.07) is 2.29. The van der Waals surface area contributed by atoms with E-state index in [1.807, 2.05) is 0 Å². The molecule has 4 bridgehead atoms. The van der Waals surface area contributed by atoms with Crippen molar-refractivity contribution >= 4 is 5.78 Å². The van der Waals surface area contributed by atoms with Gasteiger partial charge in [-0.15, -0.1) is 0 Å². The van der Waals surface area contributed by atoms with Crippen LogP contribution < -0.4 is 0 Å². The van der Waals surface area contributed by atoms with E-state index in [0.717, 1.165) is 43.9 Å². The van der Waals surface area contributed by atoms with Crippen LogP contribution >= 0.6 is 0 Å². The number of rotatable bonds is 4. The van der Waals surface area contributed by atoms with Crippen LogP contribution in [0, 0.1) is 39.9 Å². The van der Waals surface area contributed by atoms with Gasteiger partial charge in [0.05, 0.1) is 6.07 Å². The summed E-state index contributed by atoms with van der Waals surface area (Å²) < 4.78 is 0. The minimum atomic E-state index is -0.343. The van der Waals surface area contributed by atoms with E-state index in [-0.39, 0.29) is 11.3 Å². The lowest BCUT2D eigenvalue weighted by atomic mass is 9.43. The lowest BCUT2D eigenvalue weighted by Crippen LogP contribution is -2.55. The molecule has 0 spiro atoms. The minimum absolute atomic E-state index is 0.117. The number of hydrogen-bond donors (Lipinski definition) is 0. The summed E-state index contributed by atoms with van der Waals surface area (Å²) in [5.74, 6) is 1.48. The molecule has 19 heavy (non-hydrogen) atoms. The molecule has 0 aromatic heterocycles. The zero-order valence-corrected chi connectivity index (χ0v) is 12.2. The molecule has 4 saturated carbocycles. The quantitative estimate of drug-likeness (QED) is 0.762. The second-order valence-electron chi connectivity index (χ2n) is 7.89. The lowest BCUT2D eigenvalue weighted by molar-refractivity contribution is -0.155. The number of hydrogen-bond acceptors (Lipinski definition) is 2. The molecule has 2 nitrogen and oxygen atoms in total. The lowest BCUT2D eigenvalue weighted by Gasteiger charge is -2.61. The maximum Gasteiger partial charge on any atom is 0.156 e. The number of Topliss-reactive ketones (excluding diaryl/α,β-unsaturated/α-hetero) is 1. The largest absolute Gasteiger partial charge is 0.298 e. The molecular weight excluding hydrogens is 234 g/mol. The Bertz CT molecular complexity index is 419. The normalized spacial score (nSPS) is 44.9. The molecule has 0 aliphatic heterocycles. The SMILES string of the molecule is CCCC(C#N)C(=O)C12CC3CC(CC(C)(C3)C1)C2. The van der Waals surface area contributed by atoms with E-state index in [9.17, 15) is 10.1 Å². The number of ketones is 1. The number of nitrogens with zero attached hydrogens (tertiary/aromatic N) is 1. The number of carbonyl (C=O) groups excluding carboxylic acids is 1. The summed E-state index contributed by atoms with van der Waals surface area (Å²) in [7, 11) is 0. The summed E-state index contributed by atoms with van der Waals surface area (Å²) in [4.78, 5) is 12.9. The summed E-state index contributed by atoms with van der Waals surface area (Å²) in [5.41, 5.74) is 0.278. The first-order chi connectivity index (χ1) is 9.00. The highest BCUT2D eigenvalue weighted by molar-refractivity contribution is 5.89. The van der Waals surface area contributed by atoms with Crippen LogP contribution in [0.4, 0.5) is 0 Å². The highest BCUT2D eigenvalue weighted by Gasteiger charge is 2.59. The van der Waals surface area contributed by atoms with E-state index in [0.29, 0.717) is 11.2 Å². The predicted octanol–water partition coefficient (Wildman–Crippen LogP) is 4.10. The molecule has 0 radical (unpaired) electrons. The van der Waals surface area contributed by atoms with Crippen LogP contribution in [0.2, 0.25) is 0 Å². The van der Waals surface area contributed by atoms with Gasteiger partial charge in [0.2, 0.25) is 0 Å². The third kappa shape index (κ3) is 2.02. The second kappa shape index (κ2) is 4.33. The monoisotopic (exact) mass is 259 g/mol. The first-order valence-corrected chi connectivity index (χ1v) is 7.94. The standard InChI is InChI=1S/C17H25NO/c1-3-4-14(10-18)15(19)17-8-12-5-13(9-17)7-16(2,6-12)11-17/h12-14H,3-9,11H2,1-2H3. The van der Waals surface area contributed by atoms with Gasteiger partial charge in [-0.3, -0.25) is 4.79 Å². The number of nitriles is 1. The van der Waals surface area contributed by atoms with Gasteiger partial charge in [0.25, 0.3) is 0 Å². The molecule has 4 rings (SSSR count). The van der Waals surface area contributed by atoms with Crippen LogP contribution in [0.5, 0.6) is 0 Å². The molecule has 4 fully saturated rings. The maximum absolute atomic E-state index is 12.9. The first-order valence-electron chi connectivity index (χ1n) is 7.94. The fourth-order valence-corrected chi connectivity index (χ4v) is 5.92. The van der Waals surface area contributed by atoms with Gasteiger partial charge < -0.3 is 0 Å². The molecule has 3 atom stereocenters. The molecule has 0 heterocycles. The zero-order valence-electron chi connectivity index (χ0n) is 12.2. The van der Waals surface area contributed by atoms with E-state index < -0.39 is 0 Å². The molecule has 0 amide bonds. The topological polar surface area (TPSA) is 40.9 Å². The van der Waals surface area contributed by atoms with Crippen LogP contribution in [-0.2, 0) is 4.79 Å². The van der Waals surface area contributed by atoms with Gasteiger partial charge in [-0.25, -0.2) is 0 Å². The fraction of sp³-hybridized carbons (Fsp3) is 0.882. The minimum Gasteiger partial charge on any atom is -0.298 e. The Morgan fingerprint density at radius 2 is 1.95 bits per heavy atom. The van der Waals surface area contributed by atoms with Crippen LogP contribution in [0.25, 0.3) is 0 Å². The summed E-state index contributed by atoms with van der Waals surface area (Å²) in [5, 5.41) is 9.32. The average molecular weight is 259 g/mol. The van der Waals surface area contributed by atoms with Crippen molar-refractivity contribution in [1.82, 2.24) is 0 Å². The van der Waals surface area contributed by atoms with Crippen molar-refractivity contribution in [3.8, 4) is 6.07 Å². The van der Waals surface area contributed by atoms with E-state index >= 15 is 0 Å². The van der Waals surface area contributed by atoms with Crippen molar-refractivity contribution in [2.45, 2.75) is 65.2 Å². The van der Waals surface area contributed by atoms with Gasteiger partial charge in [0.1, 0.15) is 5.92 Å². The Hall–Kier alpha value is -0.840. The van der Waals surface area contributed by atoms with Gasteiger partial charge in [0, 0.05) is 5.41 Å². The van der Waals surface area contributed by atoms with Crippen molar-refractivity contribution < 1.29 is 4.79 Å². The maximum atomic E-state index is 12.9. The highest BCUT2D eigenvalue weighted by atomic mass is 16.1. The second-order valence-corrected chi connectivity index (χ2v) is 7.89. The summed E-state index contributed by atoms with van der Waals surface area (Å²) in [6.07, 6.45) is 8.91. The van der Waals surface area contributed by atoms with Gasteiger partial charge in [-0.05, 0) is 62.2 Å². The van der Waals surface area contributed by atoms with Crippen molar-refractivity contribution in [3.63, 3.8) is 0 Å². The zero-order chi connectivity index (χ0) is 13.7. The molecular formula is C17H25NO. The Kier molecular flexibility index (Phi) is 3.00. The van der Waals surface area contributed by atoms with E-state index in [1.54, 1.807) is 0 Å². The molecule has 0 N–H and O–H groups in total. The van der Waals surface area contributed by atoms with E-state index in [1.165, 1.54) is 19.3 Å². The molecule has 3 unspecified atom stereocenters. The molecule has 0 aromatic carbocycles. The average Bonchev–Trinajstić information content (AvgIpc) is 2.32. The Balaban J connectivity index is 1.87. The predicted molar refractivity (Wildman–Crippen MR) is 74.2 cm³/mol. The van der Waals surface area contributed by atoms with Gasteiger partial charge in [-0.1, -0.05) is 20.3 Å². The van der Waals surface area contributed by atoms with Crippen LogP contribution in [-0.4, -0.2) is 5.78 Å². The number of carbonyl (C=O) groups is 1. The molecule has 4 aliphatic rings. The van der Waals surface area contributed by atoms with Gasteiger partial charge in [-0.2, -0.15) is 5.26 Å². The molecule has 0 saturated heterocycles. The van der Waals surface area contributed by atoms with Crippen molar-refractivity contribution in [2.75, 3.05) is 0 Å². The van der Waals surface area contributed by atoms with E-state index in [2.05, 4.69) is 19.9 Å². The Labute approximate surface area is 116 Å².